The monoisotopic (exact) mass is 474 g/mol. The third kappa shape index (κ3) is 8.56. The van der Waals surface area contributed by atoms with Crippen LogP contribution in [0.2, 0.25) is 0 Å². The number of esters is 2. The van der Waals surface area contributed by atoms with Crippen molar-refractivity contribution in [3.05, 3.63) is 95.1 Å². The number of carbonyl (C=O) groups excluding carboxylic acids is 2. The number of rotatable bonds is 10. The first-order chi connectivity index (χ1) is 16.7. The standard InChI is InChI=1S/C29H34N2O4/c1-5-34-27(32)25-15-11-23(12-16-25)19-24(20-31-18-17-30-21-31)8-6-7-22-9-13-26(14-10-22)28(33)35-29(2,3)4/h9-19,21H,5-8,20H2,1-4H3/b24-19-. The van der Waals surface area contributed by atoms with E-state index in [2.05, 4.69) is 15.6 Å². The molecule has 3 rings (SSSR count). The van der Waals surface area contributed by atoms with E-state index in [4.69, 9.17) is 9.47 Å². The van der Waals surface area contributed by atoms with Gasteiger partial charge in [0.05, 0.1) is 24.1 Å². The summed E-state index contributed by atoms with van der Waals surface area (Å²) in [6, 6.07) is 15.1. The molecule has 184 valence electrons. The molecule has 0 atom stereocenters. The molecule has 0 aliphatic rings. The van der Waals surface area contributed by atoms with E-state index in [0.717, 1.165) is 31.4 Å². The summed E-state index contributed by atoms with van der Waals surface area (Å²) in [6.07, 6.45) is 10.5. The summed E-state index contributed by atoms with van der Waals surface area (Å²) in [6.45, 7) is 8.50. The van der Waals surface area contributed by atoms with Crippen LogP contribution in [0.4, 0.5) is 0 Å². The lowest BCUT2D eigenvalue weighted by Gasteiger charge is -2.19. The lowest BCUT2D eigenvalue weighted by molar-refractivity contribution is 0.00692. The predicted molar refractivity (Wildman–Crippen MR) is 137 cm³/mol. The summed E-state index contributed by atoms with van der Waals surface area (Å²) in [5, 5.41) is 0. The molecule has 0 bridgehead atoms. The molecular weight excluding hydrogens is 440 g/mol. The van der Waals surface area contributed by atoms with Crippen LogP contribution in [0.1, 0.15) is 72.4 Å². The van der Waals surface area contributed by atoms with Crippen molar-refractivity contribution < 1.29 is 19.1 Å². The fourth-order valence-corrected chi connectivity index (χ4v) is 3.64. The highest BCUT2D eigenvalue weighted by atomic mass is 16.6. The average Bonchev–Trinajstić information content (AvgIpc) is 3.32. The van der Waals surface area contributed by atoms with Crippen molar-refractivity contribution in [2.24, 2.45) is 0 Å². The van der Waals surface area contributed by atoms with Crippen LogP contribution in [0.25, 0.3) is 6.08 Å². The van der Waals surface area contributed by atoms with Gasteiger partial charge in [0.25, 0.3) is 0 Å². The van der Waals surface area contributed by atoms with Gasteiger partial charge in [-0.25, -0.2) is 14.6 Å². The van der Waals surface area contributed by atoms with Crippen molar-refractivity contribution in [3.8, 4) is 0 Å². The summed E-state index contributed by atoms with van der Waals surface area (Å²) < 4.78 is 12.6. The molecule has 0 fully saturated rings. The molecule has 3 aromatic rings. The van der Waals surface area contributed by atoms with Gasteiger partial charge in [0.2, 0.25) is 0 Å². The van der Waals surface area contributed by atoms with Crippen molar-refractivity contribution in [2.45, 2.75) is 59.1 Å². The fraction of sp³-hybridized carbons (Fsp3) is 0.345. The third-order valence-corrected chi connectivity index (χ3v) is 5.29. The molecule has 0 aliphatic heterocycles. The van der Waals surface area contributed by atoms with E-state index in [1.807, 2.05) is 69.7 Å². The highest BCUT2D eigenvalue weighted by Crippen LogP contribution is 2.18. The first-order valence-corrected chi connectivity index (χ1v) is 12.0. The highest BCUT2D eigenvalue weighted by molar-refractivity contribution is 5.90. The van der Waals surface area contributed by atoms with E-state index < -0.39 is 5.60 Å². The summed E-state index contributed by atoms with van der Waals surface area (Å²) in [5.41, 5.74) is 4.09. The van der Waals surface area contributed by atoms with E-state index in [9.17, 15) is 9.59 Å². The van der Waals surface area contributed by atoms with Gasteiger partial charge in [-0.15, -0.1) is 0 Å². The number of aromatic nitrogens is 2. The van der Waals surface area contributed by atoms with Crippen LogP contribution in [0.15, 0.2) is 72.8 Å². The molecule has 0 saturated carbocycles. The Labute approximate surface area is 207 Å². The zero-order chi connectivity index (χ0) is 25.3. The normalized spacial score (nSPS) is 11.8. The Morgan fingerprint density at radius 3 is 2.23 bits per heavy atom. The molecule has 6 heteroatoms. The Kier molecular flexibility index (Phi) is 9.01. The maximum absolute atomic E-state index is 12.2. The van der Waals surface area contributed by atoms with Gasteiger partial charge in [0.1, 0.15) is 5.60 Å². The molecule has 0 saturated heterocycles. The van der Waals surface area contributed by atoms with E-state index in [-0.39, 0.29) is 11.9 Å². The second-order valence-corrected chi connectivity index (χ2v) is 9.43. The molecule has 6 nitrogen and oxygen atoms in total. The van der Waals surface area contributed by atoms with Crippen molar-refractivity contribution in [1.82, 2.24) is 9.55 Å². The van der Waals surface area contributed by atoms with Gasteiger partial charge in [-0.05, 0) is 87.9 Å². The van der Waals surface area contributed by atoms with Crippen LogP contribution >= 0.6 is 0 Å². The Hall–Kier alpha value is -3.67. The predicted octanol–water partition coefficient (Wildman–Crippen LogP) is 6.12. The van der Waals surface area contributed by atoms with Gasteiger partial charge in [-0.3, -0.25) is 0 Å². The van der Waals surface area contributed by atoms with Gasteiger partial charge >= 0.3 is 11.9 Å². The third-order valence-electron chi connectivity index (χ3n) is 5.29. The van der Waals surface area contributed by atoms with Crippen LogP contribution in [0, 0.1) is 0 Å². The van der Waals surface area contributed by atoms with Gasteiger partial charge in [-0.1, -0.05) is 30.3 Å². The van der Waals surface area contributed by atoms with Crippen LogP contribution < -0.4 is 0 Å². The second-order valence-electron chi connectivity index (χ2n) is 9.43. The maximum Gasteiger partial charge on any atom is 0.338 e. The number of ether oxygens (including phenoxy) is 2. The molecule has 0 amide bonds. The number of imidazole rings is 1. The smallest absolute Gasteiger partial charge is 0.338 e. The summed E-state index contributed by atoms with van der Waals surface area (Å²) in [4.78, 5) is 28.3. The van der Waals surface area contributed by atoms with Gasteiger partial charge < -0.3 is 14.0 Å². The van der Waals surface area contributed by atoms with Crippen molar-refractivity contribution in [2.75, 3.05) is 6.61 Å². The van der Waals surface area contributed by atoms with E-state index in [0.29, 0.717) is 17.7 Å². The highest BCUT2D eigenvalue weighted by Gasteiger charge is 2.17. The zero-order valence-electron chi connectivity index (χ0n) is 21.0. The first-order valence-electron chi connectivity index (χ1n) is 12.0. The average molecular weight is 475 g/mol. The van der Waals surface area contributed by atoms with Gasteiger partial charge in [-0.2, -0.15) is 0 Å². The second kappa shape index (κ2) is 12.2. The molecule has 0 radical (unpaired) electrons. The van der Waals surface area contributed by atoms with E-state index in [1.165, 1.54) is 11.1 Å². The van der Waals surface area contributed by atoms with E-state index >= 15 is 0 Å². The van der Waals surface area contributed by atoms with Crippen molar-refractivity contribution >= 4 is 18.0 Å². The molecule has 0 spiro atoms. The Morgan fingerprint density at radius 1 is 0.971 bits per heavy atom. The number of aryl methyl sites for hydroxylation is 1. The lowest BCUT2D eigenvalue weighted by Crippen LogP contribution is -2.23. The number of carbonyl (C=O) groups is 2. The summed E-state index contributed by atoms with van der Waals surface area (Å²) >= 11 is 0. The van der Waals surface area contributed by atoms with Gasteiger partial charge in [0.15, 0.2) is 0 Å². The molecule has 35 heavy (non-hydrogen) atoms. The fourth-order valence-electron chi connectivity index (χ4n) is 3.64. The summed E-state index contributed by atoms with van der Waals surface area (Å²) in [7, 11) is 0. The Bertz CT molecular complexity index is 1120. The van der Waals surface area contributed by atoms with Crippen molar-refractivity contribution in [1.29, 1.82) is 0 Å². The molecule has 1 aromatic heterocycles. The van der Waals surface area contributed by atoms with Crippen LogP contribution in [0.5, 0.6) is 0 Å². The Balaban J connectivity index is 1.63. The maximum atomic E-state index is 12.2. The topological polar surface area (TPSA) is 70.4 Å². The molecule has 2 aromatic carbocycles. The Morgan fingerprint density at radius 2 is 1.63 bits per heavy atom. The summed E-state index contributed by atoms with van der Waals surface area (Å²) in [5.74, 6) is -0.608. The number of allylic oxidation sites excluding steroid dienone is 1. The minimum Gasteiger partial charge on any atom is -0.462 e. The number of hydrogen-bond acceptors (Lipinski definition) is 5. The largest absolute Gasteiger partial charge is 0.462 e. The lowest BCUT2D eigenvalue weighted by atomic mass is 10.0. The van der Waals surface area contributed by atoms with Gasteiger partial charge in [0, 0.05) is 18.9 Å². The van der Waals surface area contributed by atoms with E-state index in [1.54, 1.807) is 25.3 Å². The number of benzene rings is 2. The quantitative estimate of drug-likeness (QED) is 0.331. The molecule has 0 unspecified atom stereocenters. The minimum atomic E-state index is -0.507. The van der Waals surface area contributed by atoms with Crippen LogP contribution in [-0.2, 0) is 22.4 Å². The number of hydrogen-bond donors (Lipinski definition) is 0. The molecule has 1 heterocycles. The van der Waals surface area contributed by atoms with Crippen molar-refractivity contribution in [3.63, 3.8) is 0 Å². The SMILES string of the molecule is CCOC(=O)c1ccc(/C=C(/CCCc2ccc(C(=O)OC(C)(C)C)cc2)Cn2ccnc2)cc1. The molecular formula is C29H34N2O4. The molecule has 0 aliphatic carbocycles. The first kappa shape index (κ1) is 25.9. The zero-order valence-corrected chi connectivity index (χ0v) is 21.0. The molecule has 0 N–H and O–H groups in total. The number of nitrogens with zero attached hydrogens (tertiary/aromatic N) is 2. The van der Waals surface area contributed by atoms with Crippen LogP contribution in [0.3, 0.4) is 0 Å². The minimum absolute atomic E-state index is 0.302. The van der Waals surface area contributed by atoms with Crippen LogP contribution in [-0.4, -0.2) is 33.7 Å².